The maximum Gasteiger partial charge on any atom is 0.408 e. The quantitative estimate of drug-likeness (QED) is 0.236. The van der Waals surface area contributed by atoms with E-state index in [1.165, 1.54) is 70.6 Å². The lowest BCUT2D eigenvalue weighted by molar-refractivity contribution is 0.0498. The first kappa shape index (κ1) is 26.0. The Morgan fingerprint density at radius 1 is 0.926 bits per heavy atom. The van der Waals surface area contributed by atoms with Crippen LogP contribution in [0.1, 0.15) is 111 Å². The van der Waals surface area contributed by atoms with E-state index in [0.717, 1.165) is 12.8 Å². The number of hydrogen-bond acceptors (Lipinski definition) is 3. The molecule has 0 aliphatic rings. The lowest BCUT2D eigenvalue weighted by Crippen LogP contribution is -2.39. The molecule has 0 rings (SSSR count). The molecule has 0 aliphatic heterocycles. The minimum absolute atomic E-state index is 0.117. The van der Waals surface area contributed by atoms with E-state index in [9.17, 15) is 9.90 Å². The first-order valence-electron chi connectivity index (χ1n) is 11.2. The fraction of sp³-hybridized carbons (Fsp3) is 0.870. The van der Waals surface area contributed by atoms with Crippen molar-refractivity contribution in [1.82, 2.24) is 5.32 Å². The van der Waals surface area contributed by atoms with Gasteiger partial charge >= 0.3 is 6.09 Å². The number of amides is 1. The van der Waals surface area contributed by atoms with Gasteiger partial charge in [-0.2, -0.15) is 0 Å². The smallest absolute Gasteiger partial charge is 0.408 e. The predicted molar refractivity (Wildman–Crippen MR) is 115 cm³/mol. The minimum atomic E-state index is -0.525. The molecule has 0 aromatic rings. The van der Waals surface area contributed by atoms with Crippen LogP contribution in [0.4, 0.5) is 4.79 Å². The van der Waals surface area contributed by atoms with Crippen LogP contribution in [0.3, 0.4) is 0 Å². The summed E-state index contributed by atoms with van der Waals surface area (Å²) in [5.74, 6) is 0. The van der Waals surface area contributed by atoms with Crippen molar-refractivity contribution < 1.29 is 14.6 Å². The van der Waals surface area contributed by atoms with Crippen LogP contribution in [0.25, 0.3) is 0 Å². The highest BCUT2D eigenvalue weighted by atomic mass is 16.6. The summed E-state index contributed by atoms with van der Waals surface area (Å²) in [6, 6.07) is -0.378. The molecule has 0 heterocycles. The molecule has 0 saturated carbocycles. The van der Waals surface area contributed by atoms with Gasteiger partial charge in [0.25, 0.3) is 0 Å². The number of nitrogens with one attached hydrogen (secondary N) is 1. The molecular formula is C23H45NO3. The largest absolute Gasteiger partial charge is 0.444 e. The third-order valence-electron chi connectivity index (χ3n) is 4.49. The molecule has 0 aliphatic carbocycles. The van der Waals surface area contributed by atoms with Crippen LogP contribution < -0.4 is 5.32 Å². The second kappa shape index (κ2) is 17.1. The molecule has 2 N–H and O–H groups in total. The first-order valence-corrected chi connectivity index (χ1v) is 11.2. The molecule has 160 valence electrons. The Labute approximate surface area is 168 Å². The maximum absolute atomic E-state index is 11.7. The fourth-order valence-electron chi connectivity index (χ4n) is 2.98. The van der Waals surface area contributed by atoms with Gasteiger partial charge in [0, 0.05) is 0 Å². The third kappa shape index (κ3) is 19.5. The summed E-state index contributed by atoms with van der Waals surface area (Å²) in [6.07, 6.45) is 20.6. The number of hydrogen-bond donors (Lipinski definition) is 2. The average Bonchev–Trinajstić information content (AvgIpc) is 2.59. The highest BCUT2D eigenvalue weighted by molar-refractivity contribution is 5.68. The van der Waals surface area contributed by atoms with E-state index in [2.05, 4.69) is 18.3 Å². The monoisotopic (exact) mass is 383 g/mol. The molecule has 0 aromatic heterocycles. The van der Waals surface area contributed by atoms with Crippen molar-refractivity contribution >= 4 is 6.09 Å². The molecule has 0 fully saturated rings. The van der Waals surface area contributed by atoms with Gasteiger partial charge in [-0.15, -0.1) is 0 Å². The van der Waals surface area contributed by atoms with Crippen molar-refractivity contribution in [3.05, 3.63) is 12.2 Å². The Morgan fingerprint density at radius 2 is 1.41 bits per heavy atom. The SMILES string of the molecule is CCCCCCCCCCCCCC/C=C\C(CO)NC(=O)OC(C)(C)C. The second-order valence-corrected chi connectivity index (χ2v) is 8.54. The Morgan fingerprint density at radius 3 is 1.85 bits per heavy atom. The Balaban J connectivity index is 3.55. The highest BCUT2D eigenvalue weighted by Gasteiger charge is 2.17. The van der Waals surface area contributed by atoms with Crippen molar-refractivity contribution in [3.63, 3.8) is 0 Å². The van der Waals surface area contributed by atoms with E-state index in [1.54, 1.807) is 0 Å². The molecule has 4 nitrogen and oxygen atoms in total. The molecule has 1 atom stereocenters. The molecule has 0 spiro atoms. The number of carbonyl (C=O) groups excluding carboxylic acids is 1. The van der Waals surface area contributed by atoms with Crippen LogP contribution in [-0.2, 0) is 4.74 Å². The van der Waals surface area contributed by atoms with Gasteiger partial charge in [-0.3, -0.25) is 0 Å². The van der Waals surface area contributed by atoms with Crippen molar-refractivity contribution in [3.8, 4) is 0 Å². The molecule has 0 aromatic carbocycles. The van der Waals surface area contributed by atoms with Crippen LogP contribution in [0.15, 0.2) is 12.2 Å². The summed E-state index contributed by atoms with van der Waals surface area (Å²) >= 11 is 0. The van der Waals surface area contributed by atoms with E-state index in [-0.39, 0.29) is 12.6 Å². The molecule has 4 heteroatoms. The molecule has 0 radical (unpaired) electrons. The lowest BCUT2D eigenvalue weighted by atomic mass is 10.0. The van der Waals surface area contributed by atoms with Crippen molar-refractivity contribution in [2.45, 2.75) is 123 Å². The van der Waals surface area contributed by atoms with Crippen LogP contribution in [0.5, 0.6) is 0 Å². The van der Waals surface area contributed by atoms with Gasteiger partial charge in [-0.05, 0) is 33.6 Å². The van der Waals surface area contributed by atoms with Crippen molar-refractivity contribution in [2.75, 3.05) is 6.61 Å². The number of rotatable bonds is 16. The van der Waals surface area contributed by atoms with Gasteiger partial charge in [0.05, 0.1) is 12.6 Å². The Kier molecular flexibility index (Phi) is 16.4. The van der Waals surface area contributed by atoms with E-state index < -0.39 is 11.7 Å². The van der Waals surface area contributed by atoms with Gasteiger partial charge in [0.15, 0.2) is 0 Å². The summed E-state index contributed by atoms with van der Waals surface area (Å²) in [7, 11) is 0. The summed E-state index contributed by atoms with van der Waals surface area (Å²) in [4.78, 5) is 11.7. The number of aliphatic hydroxyl groups is 1. The first-order chi connectivity index (χ1) is 12.9. The van der Waals surface area contributed by atoms with E-state index in [1.807, 2.05) is 26.8 Å². The Hall–Kier alpha value is -1.03. The second-order valence-electron chi connectivity index (χ2n) is 8.54. The molecular weight excluding hydrogens is 338 g/mol. The van der Waals surface area contributed by atoms with Crippen molar-refractivity contribution in [1.29, 1.82) is 0 Å². The molecule has 0 saturated heterocycles. The van der Waals surface area contributed by atoms with Crippen LogP contribution >= 0.6 is 0 Å². The van der Waals surface area contributed by atoms with Gasteiger partial charge < -0.3 is 15.2 Å². The lowest BCUT2D eigenvalue weighted by Gasteiger charge is -2.21. The van der Waals surface area contributed by atoms with Crippen molar-refractivity contribution in [2.24, 2.45) is 0 Å². The summed E-state index contributed by atoms with van der Waals surface area (Å²) in [5, 5.41) is 12.0. The minimum Gasteiger partial charge on any atom is -0.444 e. The number of alkyl carbamates (subject to hydrolysis) is 1. The topological polar surface area (TPSA) is 58.6 Å². The predicted octanol–water partition coefficient (Wildman–Crippen LogP) is 6.52. The zero-order valence-corrected chi connectivity index (χ0v) is 18.4. The van der Waals surface area contributed by atoms with E-state index in [4.69, 9.17) is 4.74 Å². The molecule has 27 heavy (non-hydrogen) atoms. The highest BCUT2D eigenvalue weighted by Crippen LogP contribution is 2.12. The summed E-state index contributed by atoms with van der Waals surface area (Å²) in [5.41, 5.74) is -0.525. The number of unbranched alkanes of at least 4 members (excludes halogenated alkanes) is 12. The van der Waals surface area contributed by atoms with E-state index in [0.29, 0.717) is 0 Å². The maximum atomic E-state index is 11.7. The zero-order chi connectivity index (χ0) is 20.4. The zero-order valence-electron chi connectivity index (χ0n) is 18.4. The third-order valence-corrected chi connectivity index (χ3v) is 4.49. The standard InChI is InChI=1S/C23H45NO3/c1-5-6-7-8-9-10-11-12-13-14-15-16-17-18-19-21(20-25)24-22(26)27-23(2,3)4/h18-19,21,25H,5-17,20H2,1-4H3,(H,24,26)/b19-18-. The number of allylic oxidation sites excluding steroid dienone is 1. The Bertz CT molecular complexity index is 374. The molecule has 1 unspecified atom stereocenters. The normalized spacial score (nSPS) is 13.1. The van der Waals surface area contributed by atoms with Gasteiger partial charge in [-0.1, -0.05) is 89.7 Å². The summed E-state index contributed by atoms with van der Waals surface area (Å²) < 4.78 is 5.20. The van der Waals surface area contributed by atoms with Gasteiger partial charge in [0.1, 0.15) is 5.60 Å². The number of carbonyl (C=O) groups is 1. The van der Waals surface area contributed by atoms with Crippen LogP contribution in [0.2, 0.25) is 0 Å². The number of ether oxygens (including phenoxy) is 1. The number of aliphatic hydroxyl groups excluding tert-OH is 1. The molecule has 1 amide bonds. The fourth-order valence-corrected chi connectivity index (χ4v) is 2.98. The average molecular weight is 384 g/mol. The molecule has 0 bridgehead atoms. The van der Waals surface area contributed by atoms with E-state index >= 15 is 0 Å². The van der Waals surface area contributed by atoms with Crippen LogP contribution in [-0.4, -0.2) is 29.4 Å². The summed E-state index contributed by atoms with van der Waals surface area (Å²) in [6.45, 7) is 7.62. The van der Waals surface area contributed by atoms with Gasteiger partial charge in [-0.25, -0.2) is 4.79 Å². The van der Waals surface area contributed by atoms with Gasteiger partial charge in [0.2, 0.25) is 0 Å². The van der Waals surface area contributed by atoms with Crippen LogP contribution in [0, 0.1) is 0 Å².